The lowest BCUT2D eigenvalue weighted by atomic mass is 9.84. The third kappa shape index (κ3) is 2.34. The van der Waals surface area contributed by atoms with E-state index in [1.807, 2.05) is 6.20 Å². The van der Waals surface area contributed by atoms with Crippen molar-refractivity contribution in [2.75, 3.05) is 14.1 Å². The summed E-state index contributed by atoms with van der Waals surface area (Å²) in [5.41, 5.74) is 1.55. The highest BCUT2D eigenvalue weighted by atomic mass is 15.1. The van der Waals surface area contributed by atoms with Gasteiger partial charge in [0.15, 0.2) is 0 Å². The Labute approximate surface area is 81.0 Å². The zero-order chi connectivity index (χ0) is 10.1. The maximum atomic E-state index is 3.28. The summed E-state index contributed by atoms with van der Waals surface area (Å²) in [4.78, 5) is 5.54. The molecule has 0 bridgehead atoms. The lowest BCUT2D eigenvalue weighted by Crippen LogP contribution is -2.31. The normalized spacial score (nSPS) is 14.9. The van der Waals surface area contributed by atoms with Crippen LogP contribution in [0.5, 0.6) is 0 Å². The maximum Gasteiger partial charge on any atom is 0.0542 e. The van der Waals surface area contributed by atoms with Crippen molar-refractivity contribution in [1.29, 1.82) is 0 Å². The van der Waals surface area contributed by atoms with E-state index in [9.17, 15) is 0 Å². The van der Waals surface area contributed by atoms with Gasteiger partial charge in [0.25, 0.3) is 0 Å². The molecular weight excluding hydrogens is 160 g/mol. The summed E-state index contributed by atoms with van der Waals surface area (Å²) >= 11 is 0. The number of H-pyrrole nitrogens is 1. The molecule has 0 fully saturated rings. The Bertz CT molecular complexity index is 242. The van der Waals surface area contributed by atoms with Crippen LogP contribution >= 0.6 is 0 Å². The fraction of sp³-hybridized carbons (Fsp3) is 0.636. The minimum absolute atomic E-state index is 0.258. The second kappa shape index (κ2) is 3.54. The van der Waals surface area contributed by atoms with Crippen LogP contribution in [-0.2, 0) is 0 Å². The maximum absolute atomic E-state index is 3.28. The van der Waals surface area contributed by atoms with Gasteiger partial charge in [-0.1, -0.05) is 20.8 Å². The molecule has 2 heteroatoms. The number of nitrogens with one attached hydrogen (secondary N) is 1. The van der Waals surface area contributed by atoms with Gasteiger partial charge in [0.1, 0.15) is 0 Å². The number of nitrogens with zero attached hydrogens (tertiary/aromatic N) is 1. The lowest BCUT2D eigenvalue weighted by molar-refractivity contribution is 0.150. The molecule has 0 saturated heterocycles. The Morgan fingerprint density at radius 2 is 1.92 bits per heavy atom. The third-order valence-electron chi connectivity index (χ3n) is 2.25. The van der Waals surface area contributed by atoms with E-state index in [-0.39, 0.29) is 5.41 Å². The van der Waals surface area contributed by atoms with E-state index in [4.69, 9.17) is 0 Å². The first kappa shape index (κ1) is 10.3. The molecule has 74 valence electrons. The minimum Gasteiger partial charge on any atom is -0.364 e. The molecule has 1 aromatic rings. The molecule has 0 aliphatic carbocycles. The minimum atomic E-state index is 0.258. The molecule has 1 N–H and O–H groups in total. The number of rotatable bonds is 2. The van der Waals surface area contributed by atoms with Gasteiger partial charge in [-0.25, -0.2) is 0 Å². The summed E-state index contributed by atoms with van der Waals surface area (Å²) in [5, 5.41) is 0. The fourth-order valence-electron chi connectivity index (χ4n) is 2.03. The van der Waals surface area contributed by atoms with Gasteiger partial charge in [0.2, 0.25) is 0 Å². The van der Waals surface area contributed by atoms with Gasteiger partial charge < -0.3 is 9.88 Å². The van der Waals surface area contributed by atoms with Crippen LogP contribution in [0.1, 0.15) is 32.5 Å². The Kier molecular flexibility index (Phi) is 2.81. The van der Waals surface area contributed by atoms with E-state index in [1.54, 1.807) is 0 Å². The topological polar surface area (TPSA) is 19.0 Å². The monoisotopic (exact) mass is 180 g/mol. The van der Waals surface area contributed by atoms with Crippen molar-refractivity contribution in [1.82, 2.24) is 9.88 Å². The molecular formula is C11H20N2. The number of aromatic amines is 1. The van der Waals surface area contributed by atoms with E-state index >= 15 is 0 Å². The average Bonchev–Trinajstić information content (AvgIpc) is 2.34. The summed E-state index contributed by atoms with van der Waals surface area (Å²) in [6.45, 7) is 6.79. The van der Waals surface area contributed by atoms with Gasteiger partial charge in [-0.15, -0.1) is 0 Å². The van der Waals surface area contributed by atoms with Crippen molar-refractivity contribution in [2.24, 2.45) is 5.41 Å². The smallest absolute Gasteiger partial charge is 0.0542 e. The van der Waals surface area contributed by atoms with Crippen molar-refractivity contribution < 1.29 is 0 Å². The van der Waals surface area contributed by atoms with Crippen molar-refractivity contribution >= 4 is 0 Å². The molecule has 0 aliphatic heterocycles. The predicted molar refractivity (Wildman–Crippen MR) is 56.7 cm³/mol. The first-order chi connectivity index (χ1) is 5.93. The first-order valence-corrected chi connectivity index (χ1v) is 4.72. The highest BCUT2D eigenvalue weighted by Gasteiger charge is 2.28. The molecule has 0 aromatic carbocycles. The molecule has 2 nitrogen and oxygen atoms in total. The van der Waals surface area contributed by atoms with E-state index < -0.39 is 0 Å². The molecule has 0 aliphatic rings. The van der Waals surface area contributed by atoms with E-state index in [1.165, 1.54) is 5.69 Å². The van der Waals surface area contributed by atoms with E-state index in [0.717, 1.165) is 0 Å². The Hall–Kier alpha value is -0.760. The SMILES string of the molecule is CN(C)C(c1ccc[nH]1)C(C)(C)C. The van der Waals surface area contributed by atoms with Crippen molar-refractivity contribution in [3.05, 3.63) is 24.0 Å². The van der Waals surface area contributed by atoms with Crippen LogP contribution in [-0.4, -0.2) is 24.0 Å². The summed E-state index contributed by atoms with van der Waals surface area (Å²) in [5.74, 6) is 0. The Morgan fingerprint density at radius 1 is 1.31 bits per heavy atom. The van der Waals surface area contributed by atoms with Gasteiger partial charge in [0.05, 0.1) is 6.04 Å². The van der Waals surface area contributed by atoms with E-state index in [2.05, 4.69) is 56.9 Å². The van der Waals surface area contributed by atoms with Gasteiger partial charge in [-0.05, 0) is 31.6 Å². The molecule has 0 spiro atoms. The van der Waals surface area contributed by atoms with Crippen molar-refractivity contribution in [3.63, 3.8) is 0 Å². The van der Waals surface area contributed by atoms with Crippen LogP contribution in [0.15, 0.2) is 18.3 Å². The van der Waals surface area contributed by atoms with E-state index in [0.29, 0.717) is 6.04 Å². The molecule has 1 unspecified atom stereocenters. The Balaban J connectivity index is 2.94. The average molecular weight is 180 g/mol. The van der Waals surface area contributed by atoms with Gasteiger partial charge in [-0.3, -0.25) is 0 Å². The number of hydrogen-bond donors (Lipinski definition) is 1. The molecule has 1 heterocycles. The predicted octanol–water partition coefficient (Wildman–Crippen LogP) is 2.66. The molecule has 13 heavy (non-hydrogen) atoms. The van der Waals surface area contributed by atoms with Crippen LogP contribution in [0.2, 0.25) is 0 Å². The Morgan fingerprint density at radius 3 is 2.23 bits per heavy atom. The van der Waals surface area contributed by atoms with Gasteiger partial charge in [-0.2, -0.15) is 0 Å². The first-order valence-electron chi connectivity index (χ1n) is 4.72. The highest BCUT2D eigenvalue weighted by molar-refractivity contribution is 5.11. The van der Waals surface area contributed by atoms with Crippen LogP contribution in [0.4, 0.5) is 0 Å². The molecule has 1 atom stereocenters. The van der Waals surface area contributed by atoms with Crippen LogP contribution in [0.3, 0.4) is 0 Å². The third-order valence-corrected chi connectivity index (χ3v) is 2.25. The summed E-state index contributed by atoms with van der Waals surface area (Å²) in [6, 6.07) is 4.65. The fourth-order valence-corrected chi connectivity index (χ4v) is 2.03. The lowest BCUT2D eigenvalue weighted by Gasteiger charge is -2.35. The van der Waals surface area contributed by atoms with Crippen LogP contribution in [0.25, 0.3) is 0 Å². The van der Waals surface area contributed by atoms with Gasteiger partial charge >= 0.3 is 0 Å². The second-order valence-electron chi connectivity index (χ2n) is 4.86. The standard InChI is InChI=1S/C11H20N2/c1-11(2,3)10(13(4)5)9-7-6-8-12-9/h6-8,10,12H,1-5H3. The molecule has 0 radical (unpaired) electrons. The summed E-state index contributed by atoms with van der Waals surface area (Å²) in [7, 11) is 4.24. The van der Waals surface area contributed by atoms with Gasteiger partial charge in [0, 0.05) is 11.9 Å². The summed E-state index contributed by atoms with van der Waals surface area (Å²) in [6.07, 6.45) is 1.98. The summed E-state index contributed by atoms with van der Waals surface area (Å²) < 4.78 is 0. The second-order valence-corrected chi connectivity index (χ2v) is 4.86. The number of aromatic nitrogens is 1. The zero-order valence-corrected chi connectivity index (χ0v) is 9.26. The van der Waals surface area contributed by atoms with Crippen LogP contribution < -0.4 is 0 Å². The quantitative estimate of drug-likeness (QED) is 0.741. The highest BCUT2D eigenvalue weighted by Crippen LogP contribution is 2.35. The largest absolute Gasteiger partial charge is 0.364 e. The zero-order valence-electron chi connectivity index (χ0n) is 9.26. The molecule has 1 aromatic heterocycles. The van der Waals surface area contributed by atoms with Crippen molar-refractivity contribution in [3.8, 4) is 0 Å². The molecule has 0 saturated carbocycles. The number of hydrogen-bond acceptors (Lipinski definition) is 1. The molecule has 0 amide bonds. The van der Waals surface area contributed by atoms with Crippen molar-refractivity contribution in [2.45, 2.75) is 26.8 Å². The van der Waals surface area contributed by atoms with Crippen LogP contribution in [0, 0.1) is 5.41 Å². The molecule has 1 rings (SSSR count).